The van der Waals surface area contributed by atoms with Crippen LogP contribution < -0.4 is 0 Å². The van der Waals surface area contributed by atoms with Gasteiger partial charge in [-0.1, -0.05) is 123 Å². The van der Waals surface area contributed by atoms with Gasteiger partial charge in [0.1, 0.15) is 0 Å². The van der Waals surface area contributed by atoms with E-state index in [9.17, 15) is 0 Å². The molecule has 0 N–H and O–H groups in total. The molecule has 0 spiro atoms. The van der Waals surface area contributed by atoms with Crippen molar-refractivity contribution >= 4 is 0 Å². The van der Waals surface area contributed by atoms with E-state index in [0.717, 1.165) is 11.8 Å². The number of hydrogen-bond acceptors (Lipinski definition) is 0. The lowest BCUT2D eigenvalue weighted by molar-refractivity contribution is 0.736. The molecule has 0 saturated carbocycles. The predicted molar refractivity (Wildman–Crippen MR) is 105 cm³/mol. The zero-order valence-corrected chi connectivity index (χ0v) is 18.0. The van der Waals surface area contributed by atoms with Crippen molar-refractivity contribution in [1.29, 1.82) is 0 Å². The highest BCUT2D eigenvalue weighted by Crippen LogP contribution is 1.81. The number of rotatable bonds is 0. The molecule has 0 heteroatoms. The van der Waals surface area contributed by atoms with Gasteiger partial charge < -0.3 is 0 Å². The van der Waals surface area contributed by atoms with E-state index in [4.69, 9.17) is 0 Å². The van der Waals surface area contributed by atoms with Crippen LogP contribution in [0.15, 0.2) is 0 Å². The normalized spacial score (nSPS) is 7.20. The lowest BCUT2D eigenvalue weighted by atomic mass is 10.3. The summed E-state index contributed by atoms with van der Waals surface area (Å²) in [6.07, 6.45) is 5.00. The fourth-order valence-electron chi connectivity index (χ4n) is 0. The third-order valence-electron chi connectivity index (χ3n) is 0. The van der Waals surface area contributed by atoms with Crippen LogP contribution in [0.4, 0.5) is 0 Å². The predicted octanol–water partition coefficient (Wildman–Crippen LogP) is 8.99. The minimum absolute atomic E-state index is 0.833. The van der Waals surface area contributed by atoms with Crippen LogP contribution >= 0.6 is 0 Å². The van der Waals surface area contributed by atoms with Gasteiger partial charge in [-0.25, -0.2) is 0 Å². The maximum atomic E-state index is 2.17. The maximum absolute atomic E-state index is 2.17. The average molecular weight is 293 g/mol. The molecule has 0 aromatic rings. The molecule has 0 aromatic heterocycles. The fourth-order valence-corrected chi connectivity index (χ4v) is 0. The van der Waals surface area contributed by atoms with Gasteiger partial charge in [-0.05, 0) is 11.8 Å². The summed E-state index contributed by atoms with van der Waals surface area (Å²) in [6.45, 7) is 30.0. The Kier molecular flexibility index (Phi) is 113. The van der Waals surface area contributed by atoms with Gasteiger partial charge in [0.2, 0.25) is 0 Å². The van der Waals surface area contributed by atoms with Crippen LogP contribution in [-0.2, 0) is 0 Å². The zero-order valence-electron chi connectivity index (χ0n) is 18.0. The molecule has 0 radical (unpaired) electrons. The first-order valence-corrected chi connectivity index (χ1v) is 9.12. The van der Waals surface area contributed by atoms with E-state index in [1.807, 2.05) is 0 Å². The first-order chi connectivity index (χ1) is 9.12. The topological polar surface area (TPSA) is 0 Å². The summed E-state index contributed by atoms with van der Waals surface area (Å²) in [5.41, 5.74) is 0. The molecule has 0 amide bonds. The Morgan fingerprint density at radius 2 is 0.350 bits per heavy atom. The molecule has 0 aliphatic rings. The van der Waals surface area contributed by atoms with Crippen LogP contribution in [0, 0.1) is 11.8 Å². The van der Waals surface area contributed by atoms with Gasteiger partial charge in [-0.3, -0.25) is 0 Å². The van der Waals surface area contributed by atoms with Gasteiger partial charge >= 0.3 is 0 Å². The summed E-state index contributed by atoms with van der Waals surface area (Å²) in [4.78, 5) is 0. The van der Waals surface area contributed by atoms with E-state index in [0.29, 0.717) is 0 Å². The molecule has 0 nitrogen and oxygen atoms in total. The van der Waals surface area contributed by atoms with Crippen molar-refractivity contribution in [3.63, 3.8) is 0 Å². The molecular weight excluding hydrogens is 240 g/mol. The van der Waals surface area contributed by atoms with E-state index < -0.39 is 0 Å². The maximum Gasteiger partial charge on any atom is -0.0500 e. The summed E-state index contributed by atoms with van der Waals surface area (Å²) in [5, 5.41) is 0. The van der Waals surface area contributed by atoms with Crippen molar-refractivity contribution in [2.75, 3.05) is 0 Å². The summed E-state index contributed by atoms with van der Waals surface area (Å²) in [5.74, 6) is 1.67. The lowest BCUT2D eigenvalue weighted by Gasteiger charge is -1.79. The molecule has 20 heavy (non-hydrogen) atoms. The second-order valence-electron chi connectivity index (χ2n) is 6.29. The summed E-state index contributed by atoms with van der Waals surface area (Å²) >= 11 is 0. The molecular formula is C20H52. The van der Waals surface area contributed by atoms with E-state index in [1.54, 1.807) is 0 Å². The van der Waals surface area contributed by atoms with Gasteiger partial charge in [0.25, 0.3) is 0 Å². The molecule has 0 bridgehead atoms. The Morgan fingerprint density at radius 3 is 0.350 bits per heavy atom. The van der Waals surface area contributed by atoms with E-state index >= 15 is 0 Å². The standard InChI is InChI=1S/2C4H10.4C3H8/c2*1-4(2)3;4*1-3-2/h2*4H,1-3H3;4*3H2,1-2H3. The van der Waals surface area contributed by atoms with Crippen LogP contribution in [0.25, 0.3) is 0 Å². The van der Waals surface area contributed by atoms with Crippen molar-refractivity contribution in [3.8, 4) is 0 Å². The summed E-state index contributed by atoms with van der Waals surface area (Å²) in [7, 11) is 0. The van der Waals surface area contributed by atoms with Gasteiger partial charge in [0.05, 0.1) is 0 Å². The smallest absolute Gasteiger partial charge is 0.0500 e. The third kappa shape index (κ3) is 0. The average Bonchev–Trinajstić information content (AvgIpc) is 2.18. The Balaban J connectivity index is -0.0000000296. The zero-order chi connectivity index (χ0) is 18.0. The van der Waals surface area contributed by atoms with Crippen LogP contribution in [0.3, 0.4) is 0 Å². The summed E-state index contributed by atoms with van der Waals surface area (Å²) in [6, 6.07) is 0. The van der Waals surface area contributed by atoms with E-state index in [2.05, 4.69) is 96.9 Å². The van der Waals surface area contributed by atoms with E-state index in [-0.39, 0.29) is 0 Å². The Labute approximate surface area is 135 Å². The van der Waals surface area contributed by atoms with Crippen molar-refractivity contribution in [2.24, 2.45) is 11.8 Å². The Morgan fingerprint density at radius 1 is 0.350 bits per heavy atom. The molecule has 0 heterocycles. The highest BCUT2D eigenvalue weighted by Gasteiger charge is 1.68. The molecule has 0 rings (SSSR count). The van der Waals surface area contributed by atoms with Crippen molar-refractivity contribution in [1.82, 2.24) is 0 Å². The van der Waals surface area contributed by atoms with Crippen molar-refractivity contribution < 1.29 is 0 Å². The van der Waals surface area contributed by atoms with Gasteiger partial charge in [0, 0.05) is 0 Å². The third-order valence-corrected chi connectivity index (χ3v) is 0. The van der Waals surface area contributed by atoms with Gasteiger partial charge in [-0.2, -0.15) is 0 Å². The molecule has 0 unspecified atom stereocenters. The van der Waals surface area contributed by atoms with Gasteiger partial charge in [0.15, 0.2) is 0 Å². The van der Waals surface area contributed by atoms with Crippen LogP contribution in [0.2, 0.25) is 0 Å². The minimum atomic E-state index is 0.833. The molecule has 0 saturated heterocycles. The molecule has 0 fully saturated rings. The largest absolute Gasteiger partial charge is 0.0656 e. The quantitative estimate of drug-likeness (QED) is 0.418. The highest BCUT2D eigenvalue weighted by molar-refractivity contribution is 4.21. The Bertz CT molecular complexity index is 42.9. The number of hydrogen-bond donors (Lipinski definition) is 0. The monoisotopic (exact) mass is 292 g/mol. The lowest BCUT2D eigenvalue weighted by Crippen LogP contribution is -1.66. The van der Waals surface area contributed by atoms with Crippen LogP contribution in [-0.4, -0.2) is 0 Å². The first-order valence-electron chi connectivity index (χ1n) is 9.12. The Hall–Kier alpha value is 0. The highest BCUT2D eigenvalue weighted by atomic mass is 13.7. The van der Waals surface area contributed by atoms with Crippen molar-refractivity contribution in [3.05, 3.63) is 0 Å². The molecule has 0 atom stereocenters. The summed E-state index contributed by atoms with van der Waals surface area (Å²) < 4.78 is 0. The fraction of sp³-hybridized carbons (Fsp3) is 1.00. The van der Waals surface area contributed by atoms with E-state index in [1.165, 1.54) is 25.7 Å². The van der Waals surface area contributed by atoms with Gasteiger partial charge in [-0.15, -0.1) is 0 Å². The van der Waals surface area contributed by atoms with Crippen LogP contribution in [0.1, 0.15) is 123 Å². The molecule has 0 aromatic carbocycles. The second-order valence-corrected chi connectivity index (χ2v) is 6.29. The molecule has 0 aliphatic heterocycles. The first kappa shape index (κ1) is 36.8. The molecule has 0 aliphatic carbocycles. The van der Waals surface area contributed by atoms with Crippen LogP contribution in [0.5, 0.6) is 0 Å². The van der Waals surface area contributed by atoms with Crippen molar-refractivity contribution in [2.45, 2.75) is 123 Å². The molecule has 132 valence electrons. The SMILES string of the molecule is CC(C)C.CC(C)C.CCC.CCC.CCC.CCC. The minimum Gasteiger partial charge on any atom is -0.0656 e. The second kappa shape index (κ2) is 61.6.